The van der Waals surface area contributed by atoms with E-state index in [1.54, 1.807) is 12.1 Å². The van der Waals surface area contributed by atoms with E-state index < -0.39 is 23.5 Å². The second-order valence-corrected chi connectivity index (χ2v) is 11.0. The van der Waals surface area contributed by atoms with Crippen molar-refractivity contribution in [3.63, 3.8) is 0 Å². The van der Waals surface area contributed by atoms with Crippen LogP contribution in [0.1, 0.15) is 54.7 Å². The molecule has 0 saturated carbocycles. The lowest BCUT2D eigenvalue weighted by molar-refractivity contribution is -0.136. The topological polar surface area (TPSA) is 143 Å². The zero-order valence-electron chi connectivity index (χ0n) is 20.9. The Labute approximate surface area is 226 Å². The molecule has 3 aromatic rings. The Bertz CT molecular complexity index is 1490. The van der Waals surface area contributed by atoms with E-state index in [1.165, 1.54) is 22.3 Å². The molecule has 0 aliphatic carbocycles. The van der Waals surface area contributed by atoms with Gasteiger partial charge in [-0.15, -0.1) is 11.3 Å². The Morgan fingerprint density at radius 3 is 2.79 bits per heavy atom. The molecule has 4 heterocycles. The molecule has 0 bridgehead atoms. The highest BCUT2D eigenvalue weighted by Crippen LogP contribution is 2.37. The van der Waals surface area contributed by atoms with Crippen LogP contribution in [0.5, 0.6) is 5.75 Å². The first-order valence-corrected chi connectivity index (χ1v) is 13.2. The molecule has 1 unspecified atom stereocenters. The first-order valence-electron chi connectivity index (χ1n) is 12.0. The Kier molecular flexibility index (Phi) is 6.70. The number of halogens is 1. The van der Waals surface area contributed by atoms with Gasteiger partial charge in [-0.1, -0.05) is 11.6 Å². The van der Waals surface area contributed by atoms with Crippen LogP contribution in [0, 0.1) is 0 Å². The van der Waals surface area contributed by atoms with Crippen molar-refractivity contribution in [2.45, 2.75) is 51.7 Å². The third-order valence-corrected chi connectivity index (χ3v) is 7.84. The number of aromatic nitrogens is 2. The summed E-state index contributed by atoms with van der Waals surface area (Å²) in [7, 11) is 0. The van der Waals surface area contributed by atoms with E-state index >= 15 is 0 Å². The Balaban J connectivity index is 1.29. The van der Waals surface area contributed by atoms with E-state index in [4.69, 9.17) is 21.3 Å². The number of imide groups is 1. The number of nitrogens with one attached hydrogen (secondary N) is 3. The van der Waals surface area contributed by atoms with E-state index in [-0.39, 0.29) is 37.0 Å². The molecular weight excluding hydrogens is 532 g/mol. The van der Waals surface area contributed by atoms with Crippen LogP contribution in [-0.2, 0) is 21.7 Å². The molecule has 0 radical (unpaired) electrons. The third-order valence-electron chi connectivity index (χ3n) is 6.30. The maximum atomic E-state index is 12.9. The highest BCUT2D eigenvalue weighted by atomic mass is 35.5. The molecule has 3 N–H and O–H groups in total. The molecule has 38 heavy (non-hydrogen) atoms. The van der Waals surface area contributed by atoms with Gasteiger partial charge in [0.1, 0.15) is 28.1 Å². The van der Waals surface area contributed by atoms with Crippen molar-refractivity contribution < 1.29 is 23.9 Å². The number of amides is 5. The summed E-state index contributed by atoms with van der Waals surface area (Å²) in [5.74, 6) is -0.335. The lowest BCUT2D eigenvalue weighted by Gasteiger charge is -2.29. The minimum Gasteiger partial charge on any atom is -0.492 e. The molecule has 1 fully saturated rings. The average molecular weight is 557 g/mol. The summed E-state index contributed by atoms with van der Waals surface area (Å²) < 4.78 is 6.52. The molecule has 1 aromatic carbocycles. The van der Waals surface area contributed by atoms with E-state index in [0.29, 0.717) is 39.2 Å². The number of pyridine rings is 1. The van der Waals surface area contributed by atoms with Crippen LogP contribution in [0.2, 0.25) is 5.02 Å². The van der Waals surface area contributed by atoms with Crippen LogP contribution in [0.15, 0.2) is 24.3 Å². The second-order valence-electron chi connectivity index (χ2n) is 9.50. The number of carbonyl (C=O) groups excluding carboxylic acids is 4. The number of hydrogen-bond acceptors (Lipinski definition) is 8. The van der Waals surface area contributed by atoms with Crippen LogP contribution >= 0.6 is 22.9 Å². The summed E-state index contributed by atoms with van der Waals surface area (Å²) in [5, 5.41) is 9.10. The Morgan fingerprint density at radius 1 is 1.26 bits per heavy atom. The van der Waals surface area contributed by atoms with Crippen molar-refractivity contribution in [1.82, 2.24) is 25.5 Å². The summed E-state index contributed by atoms with van der Waals surface area (Å²) in [6.45, 7) is 6.12. The molecule has 1 saturated heterocycles. The summed E-state index contributed by atoms with van der Waals surface area (Å²) >= 11 is 7.63. The Morgan fingerprint density at radius 2 is 2.05 bits per heavy atom. The molecule has 2 aliphatic rings. The van der Waals surface area contributed by atoms with Crippen LogP contribution in [0.25, 0.3) is 10.2 Å². The van der Waals surface area contributed by atoms with Crippen molar-refractivity contribution >= 4 is 62.7 Å². The van der Waals surface area contributed by atoms with Crippen molar-refractivity contribution in [3.05, 3.63) is 45.6 Å². The van der Waals surface area contributed by atoms with Gasteiger partial charge >= 0.3 is 6.03 Å². The lowest BCUT2D eigenvalue weighted by Crippen LogP contribution is -2.52. The number of nitrogens with zero attached hydrogens (tertiary/aromatic N) is 3. The molecule has 1 atom stereocenters. The maximum Gasteiger partial charge on any atom is 0.321 e. The van der Waals surface area contributed by atoms with Gasteiger partial charge in [-0.25, -0.2) is 14.8 Å². The third kappa shape index (κ3) is 4.88. The second kappa shape index (κ2) is 9.84. The number of urea groups is 1. The number of rotatable bonds is 6. The fourth-order valence-electron chi connectivity index (χ4n) is 4.49. The first kappa shape index (κ1) is 25.9. The van der Waals surface area contributed by atoms with Gasteiger partial charge in [0.15, 0.2) is 0 Å². The van der Waals surface area contributed by atoms with Gasteiger partial charge in [0.05, 0.1) is 34.6 Å². The van der Waals surface area contributed by atoms with Gasteiger partial charge in [-0.2, -0.15) is 0 Å². The number of benzene rings is 1. The highest BCUT2D eigenvalue weighted by Gasteiger charge is 2.40. The van der Waals surface area contributed by atoms with E-state index in [2.05, 4.69) is 20.9 Å². The van der Waals surface area contributed by atoms with Crippen molar-refractivity contribution in [2.75, 3.05) is 11.9 Å². The molecule has 11 nitrogen and oxygen atoms in total. The van der Waals surface area contributed by atoms with Gasteiger partial charge in [-0.05, 0) is 45.4 Å². The van der Waals surface area contributed by atoms with E-state index in [9.17, 15) is 19.2 Å². The SMILES string of the molecule is CCOc1cc(Cl)cc2sc(C(C)(C)NC(=O)Nc3ccc4c(n3)CN(C3CCC(=O)NC3=O)C4=O)nc12. The van der Waals surface area contributed by atoms with Crippen LogP contribution in [-0.4, -0.2) is 51.3 Å². The fourth-order valence-corrected chi connectivity index (χ4v) is 5.84. The summed E-state index contributed by atoms with van der Waals surface area (Å²) in [4.78, 5) is 60.0. The van der Waals surface area contributed by atoms with E-state index in [0.717, 1.165) is 4.70 Å². The largest absolute Gasteiger partial charge is 0.492 e. The van der Waals surface area contributed by atoms with Crippen LogP contribution in [0.4, 0.5) is 10.6 Å². The number of thiazole rings is 1. The first-order chi connectivity index (χ1) is 18.1. The number of hydrogen-bond donors (Lipinski definition) is 3. The molecule has 0 spiro atoms. The number of piperidine rings is 1. The van der Waals surface area contributed by atoms with Gasteiger partial charge in [0.2, 0.25) is 11.8 Å². The number of anilines is 1. The predicted octanol–water partition coefficient (Wildman–Crippen LogP) is 3.56. The summed E-state index contributed by atoms with van der Waals surface area (Å²) in [6, 6.07) is 5.40. The normalized spacial score (nSPS) is 17.4. The summed E-state index contributed by atoms with van der Waals surface area (Å²) in [6.07, 6.45) is 0.429. The molecule has 5 amide bonds. The van der Waals surface area contributed by atoms with Gasteiger partial charge < -0.3 is 15.0 Å². The number of fused-ring (bicyclic) bond motifs is 2. The predicted molar refractivity (Wildman–Crippen MR) is 141 cm³/mol. The number of carbonyl (C=O) groups is 4. The van der Waals surface area contributed by atoms with Crippen LogP contribution in [0.3, 0.4) is 0 Å². The molecule has 5 rings (SSSR count). The van der Waals surface area contributed by atoms with Gasteiger partial charge in [0, 0.05) is 17.5 Å². The minimum absolute atomic E-state index is 0.111. The highest BCUT2D eigenvalue weighted by molar-refractivity contribution is 7.18. The van der Waals surface area contributed by atoms with Crippen molar-refractivity contribution in [2.24, 2.45) is 0 Å². The fraction of sp³-hybridized carbons (Fsp3) is 0.360. The van der Waals surface area contributed by atoms with Crippen molar-refractivity contribution in [3.8, 4) is 5.75 Å². The molecular formula is C25H25ClN6O5S. The average Bonchev–Trinajstić information content (AvgIpc) is 3.41. The standard InChI is InChI=1S/C25H25ClN6O5S/c1-4-37-16-9-12(26)10-17-20(16)30-23(38-17)25(2,3)31-24(36)28-18-7-5-13-14(27-18)11-32(22(13)35)15-6-8-19(33)29-21(15)34/h5,7,9-10,15H,4,6,8,11H2,1-3H3,(H,29,33,34)(H2,27,28,31,36). The Hall–Kier alpha value is -3.77. The van der Waals surface area contributed by atoms with Gasteiger partial charge in [-0.3, -0.25) is 25.0 Å². The van der Waals surface area contributed by atoms with Crippen molar-refractivity contribution in [1.29, 1.82) is 0 Å². The number of ether oxygens (including phenoxy) is 1. The zero-order valence-corrected chi connectivity index (χ0v) is 22.5. The molecule has 2 aromatic heterocycles. The van der Waals surface area contributed by atoms with E-state index in [1.807, 2.05) is 26.8 Å². The van der Waals surface area contributed by atoms with Gasteiger partial charge in [0.25, 0.3) is 5.91 Å². The smallest absolute Gasteiger partial charge is 0.321 e. The quantitative estimate of drug-likeness (QED) is 0.394. The monoisotopic (exact) mass is 556 g/mol. The zero-order chi connectivity index (χ0) is 27.2. The summed E-state index contributed by atoms with van der Waals surface area (Å²) in [5.41, 5.74) is 0.651. The molecule has 2 aliphatic heterocycles. The maximum absolute atomic E-state index is 12.9. The van der Waals surface area contributed by atoms with Crippen LogP contribution < -0.4 is 20.7 Å². The molecule has 13 heteroatoms. The minimum atomic E-state index is -0.834. The lowest BCUT2D eigenvalue weighted by atomic mass is 10.0. The molecule has 198 valence electrons.